The molecule has 0 saturated heterocycles. The highest BCUT2D eigenvalue weighted by atomic mass is 79.9. The molecular weight excluding hydrogens is 326 g/mol. The Bertz CT molecular complexity index is 347. The average molecular weight is 348 g/mol. The molecule has 4 heteroatoms. The van der Waals surface area contributed by atoms with Gasteiger partial charge in [0.25, 0.3) is 0 Å². The molecule has 0 radical (unpaired) electrons. The van der Waals surface area contributed by atoms with E-state index in [0.717, 1.165) is 11.8 Å². The Morgan fingerprint density at radius 3 is 2.89 bits per heavy atom. The first-order chi connectivity index (χ1) is 8.81. The van der Waals surface area contributed by atoms with Crippen LogP contribution in [0.4, 0.5) is 0 Å². The zero-order chi connectivity index (χ0) is 12.8. The molecular formula is C14H22BrNS2. The first-order valence-electron chi connectivity index (χ1n) is 6.89. The second-order valence-electron chi connectivity index (χ2n) is 4.88. The molecule has 0 aromatic carbocycles. The second kappa shape index (κ2) is 7.93. The van der Waals surface area contributed by atoms with Crippen LogP contribution in [-0.4, -0.2) is 17.5 Å². The third kappa shape index (κ3) is 4.26. The van der Waals surface area contributed by atoms with Crippen LogP contribution in [0.1, 0.15) is 49.9 Å². The van der Waals surface area contributed by atoms with E-state index in [4.69, 9.17) is 0 Å². The molecule has 18 heavy (non-hydrogen) atoms. The van der Waals surface area contributed by atoms with Gasteiger partial charge in [-0.3, -0.25) is 0 Å². The monoisotopic (exact) mass is 347 g/mol. The van der Waals surface area contributed by atoms with E-state index in [-0.39, 0.29) is 0 Å². The van der Waals surface area contributed by atoms with Crippen molar-refractivity contribution in [1.29, 1.82) is 0 Å². The van der Waals surface area contributed by atoms with Crippen molar-refractivity contribution in [2.45, 2.75) is 50.3 Å². The Morgan fingerprint density at radius 2 is 2.28 bits per heavy atom. The van der Waals surface area contributed by atoms with E-state index in [1.54, 1.807) is 0 Å². The van der Waals surface area contributed by atoms with Gasteiger partial charge in [0.2, 0.25) is 0 Å². The van der Waals surface area contributed by atoms with Crippen LogP contribution < -0.4 is 5.32 Å². The summed E-state index contributed by atoms with van der Waals surface area (Å²) in [6.07, 6.45) is 6.93. The molecule has 102 valence electrons. The lowest BCUT2D eigenvalue weighted by molar-refractivity contribution is 0.582. The Hall–Kier alpha value is 0.490. The number of rotatable bonds is 7. The molecule has 2 rings (SSSR count). The minimum Gasteiger partial charge on any atom is -0.309 e. The molecule has 1 nitrogen and oxygen atoms in total. The maximum absolute atomic E-state index is 3.70. The van der Waals surface area contributed by atoms with Crippen LogP contribution in [0.15, 0.2) is 15.9 Å². The Morgan fingerprint density at radius 1 is 1.50 bits per heavy atom. The van der Waals surface area contributed by atoms with Crippen LogP contribution in [0, 0.1) is 0 Å². The zero-order valence-corrected chi connectivity index (χ0v) is 14.2. The lowest BCUT2D eigenvalue weighted by atomic mass is 10.2. The van der Waals surface area contributed by atoms with Crippen LogP contribution in [0.5, 0.6) is 0 Å². The Balaban J connectivity index is 1.90. The topological polar surface area (TPSA) is 12.0 Å². The third-order valence-electron chi connectivity index (χ3n) is 3.40. The molecule has 0 spiro atoms. The van der Waals surface area contributed by atoms with Crippen molar-refractivity contribution in [3.63, 3.8) is 0 Å². The Labute approximate surface area is 127 Å². The van der Waals surface area contributed by atoms with Gasteiger partial charge in [0.05, 0.1) is 6.04 Å². The van der Waals surface area contributed by atoms with E-state index in [1.807, 2.05) is 11.3 Å². The number of hydrogen-bond donors (Lipinski definition) is 1. The summed E-state index contributed by atoms with van der Waals surface area (Å²) < 4.78 is 1.27. The summed E-state index contributed by atoms with van der Waals surface area (Å²) >= 11 is 7.71. The number of thioether (sulfide) groups is 1. The fourth-order valence-corrected chi connectivity index (χ4v) is 5.63. The first kappa shape index (κ1) is 14.9. The van der Waals surface area contributed by atoms with Crippen LogP contribution in [0.25, 0.3) is 0 Å². The number of nitrogens with one attached hydrogen (secondary N) is 1. The molecule has 1 aromatic rings. The predicted molar refractivity (Wildman–Crippen MR) is 87.8 cm³/mol. The van der Waals surface area contributed by atoms with E-state index in [0.29, 0.717) is 6.04 Å². The van der Waals surface area contributed by atoms with Gasteiger partial charge in [-0.05, 0) is 53.2 Å². The molecule has 0 aliphatic heterocycles. The average Bonchev–Trinajstić information content (AvgIpc) is 3.01. The molecule has 0 bridgehead atoms. The molecule has 1 aliphatic rings. The maximum Gasteiger partial charge on any atom is 0.0518 e. The van der Waals surface area contributed by atoms with Crippen LogP contribution >= 0.6 is 39.0 Å². The number of halogens is 1. The van der Waals surface area contributed by atoms with Crippen LogP contribution in [-0.2, 0) is 0 Å². The van der Waals surface area contributed by atoms with E-state index < -0.39 is 0 Å². The van der Waals surface area contributed by atoms with Crippen LogP contribution in [0.3, 0.4) is 0 Å². The van der Waals surface area contributed by atoms with Gasteiger partial charge in [0.15, 0.2) is 0 Å². The van der Waals surface area contributed by atoms with E-state index in [2.05, 4.69) is 51.4 Å². The molecule has 1 unspecified atom stereocenters. The van der Waals surface area contributed by atoms with Crippen LogP contribution in [0.2, 0.25) is 0 Å². The number of hydrogen-bond acceptors (Lipinski definition) is 3. The van der Waals surface area contributed by atoms with Crippen molar-refractivity contribution < 1.29 is 0 Å². The lowest BCUT2D eigenvalue weighted by Gasteiger charge is -2.19. The van der Waals surface area contributed by atoms with Gasteiger partial charge in [-0.15, -0.1) is 11.3 Å². The largest absolute Gasteiger partial charge is 0.309 e. The van der Waals surface area contributed by atoms with Gasteiger partial charge in [-0.1, -0.05) is 19.8 Å². The fourth-order valence-electron chi connectivity index (χ4n) is 2.39. The van der Waals surface area contributed by atoms with Crippen molar-refractivity contribution >= 4 is 39.0 Å². The fraction of sp³-hybridized carbons (Fsp3) is 0.714. The van der Waals surface area contributed by atoms with Crippen molar-refractivity contribution in [1.82, 2.24) is 5.32 Å². The van der Waals surface area contributed by atoms with Gasteiger partial charge in [-0.25, -0.2) is 0 Å². The summed E-state index contributed by atoms with van der Waals surface area (Å²) in [5.74, 6) is 1.21. The molecule has 1 aliphatic carbocycles. The van der Waals surface area contributed by atoms with Gasteiger partial charge in [-0.2, -0.15) is 11.8 Å². The molecule has 1 aromatic heterocycles. The van der Waals surface area contributed by atoms with Crippen molar-refractivity contribution in [3.05, 3.63) is 20.8 Å². The van der Waals surface area contributed by atoms with Crippen molar-refractivity contribution in [3.8, 4) is 0 Å². The molecule has 1 saturated carbocycles. The maximum atomic E-state index is 3.70. The van der Waals surface area contributed by atoms with Crippen molar-refractivity contribution in [2.24, 2.45) is 0 Å². The van der Waals surface area contributed by atoms with Crippen molar-refractivity contribution in [2.75, 3.05) is 12.3 Å². The Kier molecular flexibility index (Phi) is 6.56. The van der Waals surface area contributed by atoms with E-state index >= 15 is 0 Å². The summed E-state index contributed by atoms with van der Waals surface area (Å²) in [6, 6.07) is 2.69. The van der Waals surface area contributed by atoms with Gasteiger partial charge in [0.1, 0.15) is 0 Å². The second-order valence-corrected chi connectivity index (χ2v) is 8.01. The lowest BCUT2D eigenvalue weighted by Crippen LogP contribution is -2.24. The summed E-state index contributed by atoms with van der Waals surface area (Å²) in [6.45, 7) is 3.35. The summed E-state index contributed by atoms with van der Waals surface area (Å²) in [5, 5.41) is 6.79. The highest BCUT2D eigenvalue weighted by molar-refractivity contribution is 9.10. The zero-order valence-electron chi connectivity index (χ0n) is 11.0. The highest BCUT2D eigenvalue weighted by Crippen LogP contribution is 2.35. The molecule has 1 heterocycles. The third-order valence-corrected chi connectivity index (χ3v) is 6.86. The van der Waals surface area contributed by atoms with E-state index in [9.17, 15) is 0 Å². The molecule has 1 atom stereocenters. The highest BCUT2D eigenvalue weighted by Gasteiger charge is 2.20. The predicted octanol–water partition coefficient (Wildman–Crippen LogP) is 5.23. The minimum atomic E-state index is 0.518. The first-order valence-corrected chi connectivity index (χ1v) is 9.61. The summed E-state index contributed by atoms with van der Waals surface area (Å²) in [5.41, 5.74) is 0. The standard InChI is InChI=1S/C14H22BrNS2/c1-2-8-16-13(14-12(15)7-9-17-14)10-18-11-5-3-4-6-11/h7,9,11,13,16H,2-6,8,10H2,1H3. The SMILES string of the molecule is CCCNC(CSC1CCCC1)c1sccc1Br. The van der Waals surface area contributed by atoms with E-state index in [1.165, 1.54) is 47.2 Å². The summed E-state index contributed by atoms with van der Waals surface area (Å²) in [4.78, 5) is 1.47. The molecule has 1 fully saturated rings. The smallest absolute Gasteiger partial charge is 0.0518 e. The molecule has 0 amide bonds. The summed E-state index contributed by atoms with van der Waals surface area (Å²) in [7, 11) is 0. The number of thiophene rings is 1. The minimum absolute atomic E-state index is 0.518. The van der Waals surface area contributed by atoms with Gasteiger partial charge < -0.3 is 5.32 Å². The van der Waals surface area contributed by atoms with Gasteiger partial charge >= 0.3 is 0 Å². The van der Waals surface area contributed by atoms with Gasteiger partial charge in [0, 0.05) is 20.4 Å². The normalized spacial score (nSPS) is 18.3. The quantitative estimate of drug-likeness (QED) is 0.724. The molecule has 1 N–H and O–H groups in total.